The minimum absolute atomic E-state index is 0.0258. The van der Waals surface area contributed by atoms with Crippen molar-refractivity contribution in [1.29, 1.82) is 0 Å². The van der Waals surface area contributed by atoms with Gasteiger partial charge < -0.3 is 15.2 Å². The van der Waals surface area contributed by atoms with Gasteiger partial charge in [0.1, 0.15) is 5.92 Å². The van der Waals surface area contributed by atoms with Crippen molar-refractivity contribution in [3.63, 3.8) is 0 Å². The van der Waals surface area contributed by atoms with Crippen LogP contribution in [-0.4, -0.2) is 36.8 Å². The number of phenols is 1. The van der Waals surface area contributed by atoms with E-state index in [1.807, 2.05) is 30.3 Å². The SMILES string of the molecule is COc1ccc(/C=N/NC(=O)[C@@H]2C(=O)NC[C@H]2c2ccccc2)cc1O. The molecule has 2 amide bonds. The number of nitrogens with one attached hydrogen (secondary N) is 2. The van der Waals surface area contributed by atoms with Gasteiger partial charge in [0.15, 0.2) is 11.5 Å². The van der Waals surface area contributed by atoms with E-state index in [1.165, 1.54) is 19.4 Å². The van der Waals surface area contributed by atoms with Gasteiger partial charge in [-0.05, 0) is 29.3 Å². The highest BCUT2D eigenvalue weighted by Gasteiger charge is 2.40. The van der Waals surface area contributed by atoms with Crippen molar-refractivity contribution < 1.29 is 19.4 Å². The van der Waals surface area contributed by atoms with Crippen LogP contribution in [0.5, 0.6) is 11.5 Å². The smallest absolute Gasteiger partial charge is 0.253 e. The number of carbonyl (C=O) groups is 2. The van der Waals surface area contributed by atoms with E-state index in [9.17, 15) is 14.7 Å². The molecule has 0 unspecified atom stereocenters. The van der Waals surface area contributed by atoms with Gasteiger partial charge in [0, 0.05) is 12.5 Å². The van der Waals surface area contributed by atoms with Crippen LogP contribution in [0.4, 0.5) is 0 Å². The summed E-state index contributed by atoms with van der Waals surface area (Å²) in [6.07, 6.45) is 1.39. The molecule has 1 aliphatic heterocycles. The average molecular weight is 353 g/mol. The minimum atomic E-state index is -0.834. The summed E-state index contributed by atoms with van der Waals surface area (Å²) in [7, 11) is 1.46. The topological polar surface area (TPSA) is 100 Å². The van der Waals surface area contributed by atoms with Crippen LogP contribution < -0.4 is 15.5 Å². The average Bonchev–Trinajstić information content (AvgIpc) is 3.04. The molecule has 2 atom stereocenters. The fourth-order valence-electron chi connectivity index (χ4n) is 2.96. The number of ether oxygens (including phenoxy) is 1. The van der Waals surface area contributed by atoms with Crippen LogP contribution in [0.15, 0.2) is 53.6 Å². The quantitative estimate of drug-likeness (QED) is 0.429. The van der Waals surface area contributed by atoms with E-state index < -0.39 is 11.8 Å². The monoisotopic (exact) mass is 353 g/mol. The first-order chi connectivity index (χ1) is 12.6. The number of nitrogens with zero attached hydrogens (tertiary/aromatic N) is 1. The summed E-state index contributed by atoms with van der Waals surface area (Å²) < 4.78 is 4.97. The summed E-state index contributed by atoms with van der Waals surface area (Å²) in [5.74, 6) is -1.53. The Morgan fingerprint density at radius 1 is 1.31 bits per heavy atom. The highest BCUT2D eigenvalue weighted by Crippen LogP contribution is 2.29. The number of benzene rings is 2. The number of hydrazone groups is 1. The summed E-state index contributed by atoms with van der Waals surface area (Å²) in [6, 6.07) is 14.2. The number of rotatable bonds is 5. The molecular weight excluding hydrogens is 334 g/mol. The molecule has 0 bridgehead atoms. The van der Waals surface area contributed by atoms with Gasteiger partial charge in [-0.25, -0.2) is 5.43 Å². The summed E-state index contributed by atoms with van der Waals surface area (Å²) in [6.45, 7) is 0.414. The molecule has 7 nitrogen and oxygen atoms in total. The molecule has 0 radical (unpaired) electrons. The number of phenolic OH excluding ortho intramolecular Hbond substituents is 1. The van der Waals surface area contributed by atoms with Crippen LogP contribution in [0, 0.1) is 5.92 Å². The van der Waals surface area contributed by atoms with E-state index in [-0.39, 0.29) is 17.6 Å². The second kappa shape index (κ2) is 7.69. The molecule has 2 aromatic rings. The van der Waals surface area contributed by atoms with Gasteiger partial charge in [0.25, 0.3) is 5.91 Å². The number of methoxy groups -OCH3 is 1. The Balaban J connectivity index is 1.68. The Hall–Kier alpha value is -3.35. The molecule has 3 N–H and O–H groups in total. The molecule has 1 aliphatic rings. The third kappa shape index (κ3) is 3.66. The summed E-state index contributed by atoms with van der Waals surface area (Å²) in [4.78, 5) is 24.5. The fraction of sp³-hybridized carbons (Fsp3) is 0.211. The predicted molar refractivity (Wildman–Crippen MR) is 96.1 cm³/mol. The molecular formula is C19H19N3O4. The van der Waals surface area contributed by atoms with Gasteiger partial charge in [0.2, 0.25) is 5.91 Å². The van der Waals surface area contributed by atoms with E-state index in [2.05, 4.69) is 15.8 Å². The van der Waals surface area contributed by atoms with Crippen molar-refractivity contribution >= 4 is 18.0 Å². The van der Waals surface area contributed by atoms with Crippen LogP contribution in [0.2, 0.25) is 0 Å². The summed E-state index contributed by atoms with van der Waals surface area (Å²) in [5, 5.41) is 16.4. The highest BCUT2D eigenvalue weighted by molar-refractivity contribution is 6.03. The lowest BCUT2D eigenvalue weighted by Crippen LogP contribution is -2.34. The maximum atomic E-state index is 12.4. The van der Waals surface area contributed by atoms with Crippen molar-refractivity contribution in [2.24, 2.45) is 11.0 Å². The normalized spacial score (nSPS) is 19.3. The van der Waals surface area contributed by atoms with E-state index >= 15 is 0 Å². The fourth-order valence-corrected chi connectivity index (χ4v) is 2.96. The lowest BCUT2D eigenvalue weighted by atomic mass is 9.88. The summed E-state index contributed by atoms with van der Waals surface area (Å²) >= 11 is 0. The molecule has 0 spiro atoms. The maximum absolute atomic E-state index is 12.4. The zero-order valence-electron chi connectivity index (χ0n) is 14.2. The molecule has 1 fully saturated rings. The van der Waals surface area contributed by atoms with E-state index in [1.54, 1.807) is 12.1 Å². The standard InChI is InChI=1S/C19H19N3O4/c1-26-16-8-7-12(9-15(16)23)10-21-22-19(25)17-14(11-20-18(17)24)13-5-3-2-4-6-13/h2-10,14,17,23H,11H2,1H3,(H,20,24)(H,22,25)/b21-10+/t14-,17-/m0/s1. The molecule has 0 aliphatic carbocycles. The van der Waals surface area contributed by atoms with Gasteiger partial charge >= 0.3 is 0 Å². The first kappa shape index (κ1) is 17.5. The van der Waals surface area contributed by atoms with E-state index in [4.69, 9.17) is 4.74 Å². The van der Waals surface area contributed by atoms with Gasteiger partial charge in [-0.15, -0.1) is 0 Å². The number of hydrogen-bond donors (Lipinski definition) is 3. The Bertz CT molecular complexity index is 836. The van der Waals surface area contributed by atoms with Gasteiger partial charge in [-0.3, -0.25) is 9.59 Å². The molecule has 0 saturated carbocycles. The number of carbonyl (C=O) groups excluding carboxylic acids is 2. The zero-order chi connectivity index (χ0) is 18.5. The molecule has 1 heterocycles. The summed E-state index contributed by atoms with van der Waals surface area (Å²) in [5.41, 5.74) is 3.92. The number of amides is 2. The van der Waals surface area contributed by atoms with Crippen molar-refractivity contribution in [3.05, 3.63) is 59.7 Å². The molecule has 26 heavy (non-hydrogen) atoms. The highest BCUT2D eigenvalue weighted by atomic mass is 16.5. The number of hydrogen-bond acceptors (Lipinski definition) is 5. The first-order valence-corrected chi connectivity index (χ1v) is 8.12. The lowest BCUT2D eigenvalue weighted by molar-refractivity contribution is -0.133. The molecule has 1 saturated heterocycles. The first-order valence-electron chi connectivity index (χ1n) is 8.12. The Labute approximate surface area is 150 Å². The molecule has 134 valence electrons. The molecule has 0 aromatic heterocycles. The van der Waals surface area contributed by atoms with Crippen molar-refractivity contribution in [3.8, 4) is 11.5 Å². The Kier molecular flexibility index (Phi) is 5.17. The molecule has 7 heteroatoms. The minimum Gasteiger partial charge on any atom is -0.504 e. The largest absolute Gasteiger partial charge is 0.504 e. The maximum Gasteiger partial charge on any atom is 0.253 e. The van der Waals surface area contributed by atoms with Crippen molar-refractivity contribution in [2.75, 3.05) is 13.7 Å². The van der Waals surface area contributed by atoms with Crippen LogP contribution in [0.3, 0.4) is 0 Å². The number of aromatic hydroxyl groups is 1. The van der Waals surface area contributed by atoms with Crippen LogP contribution in [0.1, 0.15) is 17.0 Å². The van der Waals surface area contributed by atoms with Crippen LogP contribution in [-0.2, 0) is 9.59 Å². The van der Waals surface area contributed by atoms with E-state index in [0.29, 0.717) is 17.9 Å². The second-order valence-electron chi connectivity index (χ2n) is 5.91. The van der Waals surface area contributed by atoms with Gasteiger partial charge in [-0.2, -0.15) is 5.10 Å². The third-order valence-corrected chi connectivity index (χ3v) is 4.28. The van der Waals surface area contributed by atoms with Gasteiger partial charge in [0.05, 0.1) is 13.3 Å². The Morgan fingerprint density at radius 3 is 2.77 bits per heavy atom. The second-order valence-corrected chi connectivity index (χ2v) is 5.91. The molecule has 3 rings (SSSR count). The van der Waals surface area contributed by atoms with Crippen LogP contribution in [0.25, 0.3) is 0 Å². The molecule has 2 aromatic carbocycles. The predicted octanol–water partition coefficient (Wildman–Crippen LogP) is 1.38. The zero-order valence-corrected chi connectivity index (χ0v) is 14.2. The van der Waals surface area contributed by atoms with Crippen molar-refractivity contribution in [2.45, 2.75) is 5.92 Å². The lowest BCUT2D eigenvalue weighted by Gasteiger charge is -2.15. The van der Waals surface area contributed by atoms with Crippen molar-refractivity contribution in [1.82, 2.24) is 10.7 Å². The third-order valence-electron chi connectivity index (χ3n) is 4.28. The Morgan fingerprint density at radius 2 is 2.08 bits per heavy atom. The van der Waals surface area contributed by atoms with Crippen LogP contribution >= 0.6 is 0 Å². The van der Waals surface area contributed by atoms with Gasteiger partial charge in [-0.1, -0.05) is 30.3 Å². The van der Waals surface area contributed by atoms with E-state index in [0.717, 1.165) is 5.56 Å².